The van der Waals surface area contributed by atoms with Crippen molar-refractivity contribution in [1.29, 1.82) is 5.41 Å². The number of hydrogen-bond acceptors (Lipinski definition) is 2. The van der Waals surface area contributed by atoms with Gasteiger partial charge in [-0.05, 0) is 5.56 Å². The first-order chi connectivity index (χ1) is 6.61. The second kappa shape index (κ2) is 4.66. The van der Waals surface area contributed by atoms with Crippen LogP contribution in [0.1, 0.15) is 5.56 Å². The fourth-order valence-corrected chi connectivity index (χ4v) is 1.20. The Kier molecular flexibility index (Phi) is 3.53. The molecule has 0 saturated heterocycles. The van der Waals surface area contributed by atoms with E-state index in [9.17, 15) is 4.79 Å². The van der Waals surface area contributed by atoms with Crippen molar-refractivity contribution in [3.05, 3.63) is 35.9 Å². The van der Waals surface area contributed by atoms with Crippen molar-refractivity contribution in [1.82, 2.24) is 4.90 Å². The molecule has 1 rings (SSSR count). The Labute approximate surface area is 87.6 Å². The minimum atomic E-state index is -0.527. The molecule has 5 heteroatoms. The number of amides is 1. The molecule has 0 aliphatic heterocycles. The highest BCUT2D eigenvalue weighted by Crippen LogP contribution is 2.05. The van der Waals surface area contributed by atoms with Crippen LogP contribution in [0.25, 0.3) is 0 Å². The molecule has 0 unspecified atom stereocenters. The average Bonchev–Trinajstić information content (AvgIpc) is 2.15. The molecule has 4 nitrogen and oxygen atoms in total. The molecule has 14 heavy (non-hydrogen) atoms. The molecule has 0 aliphatic rings. The van der Waals surface area contributed by atoms with Crippen LogP contribution >= 0.6 is 12.6 Å². The highest BCUT2D eigenvalue weighted by molar-refractivity contribution is 7.96. The van der Waals surface area contributed by atoms with E-state index in [1.807, 2.05) is 30.3 Å². The van der Waals surface area contributed by atoms with Gasteiger partial charge in [0, 0.05) is 0 Å². The maximum atomic E-state index is 11.0. The van der Waals surface area contributed by atoms with E-state index in [1.54, 1.807) is 0 Å². The van der Waals surface area contributed by atoms with Gasteiger partial charge in [0.1, 0.15) is 0 Å². The summed E-state index contributed by atoms with van der Waals surface area (Å²) in [5.74, 6) is -0.297. The number of hydrogen-bond donors (Lipinski definition) is 3. The number of thiol groups is 1. The third kappa shape index (κ3) is 2.77. The first kappa shape index (κ1) is 10.6. The molecule has 3 N–H and O–H groups in total. The number of nitrogens with zero attached hydrogens (tertiary/aromatic N) is 1. The lowest BCUT2D eigenvalue weighted by molar-refractivity contribution is 0.242. The number of benzene rings is 1. The predicted molar refractivity (Wildman–Crippen MR) is 58.3 cm³/mol. The van der Waals surface area contributed by atoms with Gasteiger partial charge in [0.2, 0.25) is 0 Å². The van der Waals surface area contributed by atoms with Crippen molar-refractivity contribution in [2.24, 2.45) is 5.73 Å². The standard InChI is InChI=1S/C9H11N3OS/c10-8(11)12(9(13)14)6-7-4-2-1-3-5-7/h1-5H,6H2,(H3,10,11)(H,13,14). The van der Waals surface area contributed by atoms with E-state index in [4.69, 9.17) is 11.1 Å². The summed E-state index contributed by atoms with van der Waals surface area (Å²) in [6.07, 6.45) is 0. The molecule has 74 valence electrons. The lowest BCUT2D eigenvalue weighted by atomic mass is 10.2. The van der Waals surface area contributed by atoms with Crippen LogP contribution in [0.2, 0.25) is 0 Å². The minimum absolute atomic E-state index is 0.276. The fourth-order valence-electron chi connectivity index (χ4n) is 1.02. The molecule has 0 heterocycles. The first-order valence-corrected chi connectivity index (χ1v) is 4.44. The zero-order valence-electron chi connectivity index (χ0n) is 7.47. The lowest BCUT2D eigenvalue weighted by Gasteiger charge is -2.17. The number of carbonyl (C=O) groups is 1. The maximum absolute atomic E-state index is 11.0. The van der Waals surface area contributed by atoms with Gasteiger partial charge in [0.15, 0.2) is 5.96 Å². The Balaban J connectivity index is 2.75. The van der Waals surface area contributed by atoms with Crippen LogP contribution in [-0.2, 0) is 6.54 Å². The van der Waals surface area contributed by atoms with Gasteiger partial charge >= 0.3 is 0 Å². The van der Waals surface area contributed by atoms with Crippen LogP contribution in [-0.4, -0.2) is 16.1 Å². The Bertz CT molecular complexity index is 325. The van der Waals surface area contributed by atoms with E-state index < -0.39 is 5.24 Å². The molecule has 0 aliphatic carbocycles. The summed E-state index contributed by atoms with van der Waals surface area (Å²) >= 11 is 3.63. The molecule has 1 aromatic carbocycles. The summed E-state index contributed by atoms with van der Waals surface area (Å²) in [5.41, 5.74) is 6.13. The maximum Gasteiger partial charge on any atom is 0.285 e. The highest BCUT2D eigenvalue weighted by Gasteiger charge is 2.12. The summed E-state index contributed by atoms with van der Waals surface area (Å²) in [5, 5.41) is 6.64. The van der Waals surface area contributed by atoms with Crippen LogP contribution < -0.4 is 5.73 Å². The molecule has 0 fully saturated rings. The van der Waals surface area contributed by atoms with Crippen molar-refractivity contribution >= 4 is 23.8 Å². The zero-order chi connectivity index (χ0) is 10.6. The van der Waals surface area contributed by atoms with Crippen LogP contribution in [0.4, 0.5) is 4.79 Å². The van der Waals surface area contributed by atoms with Gasteiger partial charge < -0.3 is 5.73 Å². The first-order valence-electron chi connectivity index (χ1n) is 3.99. The third-order valence-electron chi connectivity index (χ3n) is 1.71. The molecule has 1 amide bonds. The Morgan fingerprint density at radius 2 is 2.00 bits per heavy atom. The summed E-state index contributed by atoms with van der Waals surface area (Å²) in [7, 11) is 0. The fraction of sp³-hybridized carbons (Fsp3) is 0.111. The van der Waals surface area contributed by atoms with E-state index in [0.717, 1.165) is 10.5 Å². The lowest BCUT2D eigenvalue weighted by Crippen LogP contribution is -2.37. The van der Waals surface area contributed by atoms with Gasteiger partial charge in [-0.15, -0.1) is 0 Å². The number of guanidine groups is 1. The van der Waals surface area contributed by atoms with E-state index in [1.165, 1.54) is 0 Å². The van der Waals surface area contributed by atoms with Crippen LogP contribution in [0.3, 0.4) is 0 Å². The van der Waals surface area contributed by atoms with E-state index in [0.29, 0.717) is 0 Å². The Morgan fingerprint density at radius 1 is 1.43 bits per heavy atom. The molecular formula is C9H11N3OS. The molecule has 1 aromatic rings. The van der Waals surface area contributed by atoms with Crippen molar-refractivity contribution < 1.29 is 4.79 Å². The Hall–Kier alpha value is -1.49. The van der Waals surface area contributed by atoms with E-state index in [-0.39, 0.29) is 12.5 Å². The number of nitrogens with one attached hydrogen (secondary N) is 1. The molecule has 0 bridgehead atoms. The summed E-state index contributed by atoms with van der Waals surface area (Å²) < 4.78 is 0. The summed E-state index contributed by atoms with van der Waals surface area (Å²) in [6, 6.07) is 9.30. The topological polar surface area (TPSA) is 70.2 Å². The van der Waals surface area contributed by atoms with Gasteiger partial charge in [-0.2, -0.15) is 0 Å². The molecule has 0 atom stereocenters. The Morgan fingerprint density at radius 3 is 2.43 bits per heavy atom. The van der Waals surface area contributed by atoms with E-state index >= 15 is 0 Å². The average molecular weight is 209 g/mol. The third-order valence-corrected chi connectivity index (χ3v) is 1.95. The molecule has 0 radical (unpaired) electrons. The summed E-state index contributed by atoms with van der Waals surface area (Å²) in [4.78, 5) is 12.0. The van der Waals surface area contributed by atoms with E-state index in [2.05, 4.69) is 12.6 Å². The highest BCUT2D eigenvalue weighted by atomic mass is 32.1. The normalized spacial score (nSPS) is 9.50. The van der Waals surface area contributed by atoms with Gasteiger partial charge in [0.25, 0.3) is 5.24 Å². The monoisotopic (exact) mass is 209 g/mol. The number of carbonyl (C=O) groups excluding carboxylic acids is 1. The quantitative estimate of drug-likeness (QED) is 0.392. The molecule has 0 saturated carbocycles. The van der Waals surface area contributed by atoms with Crippen LogP contribution in [0, 0.1) is 5.41 Å². The SMILES string of the molecule is N=C(N)N(Cc1ccccc1)C(=O)S. The molecular weight excluding hydrogens is 198 g/mol. The van der Waals surface area contributed by atoms with Crippen molar-refractivity contribution in [2.75, 3.05) is 0 Å². The second-order valence-corrected chi connectivity index (χ2v) is 3.12. The number of rotatable bonds is 2. The van der Waals surface area contributed by atoms with Crippen molar-refractivity contribution in [3.63, 3.8) is 0 Å². The minimum Gasteiger partial charge on any atom is -0.370 e. The van der Waals surface area contributed by atoms with Crippen molar-refractivity contribution in [3.8, 4) is 0 Å². The number of nitrogens with two attached hydrogens (primary N) is 1. The van der Waals surface area contributed by atoms with Gasteiger partial charge in [-0.3, -0.25) is 15.1 Å². The van der Waals surface area contributed by atoms with Crippen molar-refractivity contribution in [2.45, 2.75) is 6.54 Å². The van der Waals surface area contributed by atoms with Crippen LogP contribution in [0.15, 0.2) is 30.3 Å². The second-order valence-electron chi connectivity index (χ2n) is 2.74. The van der Waals surface area contributed by atoms with Gasteiger partial charge in [-0.1, -0.05) is 43.0 Å². The molecule has 0 aromatic heterocycles. The van der Waals surface area contributed by atoms with Gasteiger partial charge in [0.05, 0.1) is 6.54 Å². The van der Waals surface area contributed by atoms with Gasteiger partial charge in [-0.25, -0.2) is 0 Å². The predicted octanol–water partition coefficient (Wildman–Crippen LogP) is 1.43. The smallest absolute Gasteiger partial charge is 0.285 e. The largest absolute Gasteiger partial charge is 0.370 e. The summed E-state index contributed by atoms with van der Waals surface area (Å²) in [6.45, 7) is 0.276. The van der Waals surface area contributed by atoms with Crippen LogP contribution in [0.5, 0.6) is 0 Å². The molecule has 0 spiro atoms. The zero-order valence-corrected chi connectivity index (χ0v) is 8.37.